The first kappa shape index (κ1) is 22.5. The number of rotatable bonds is 9. The summed E-state index contributed by atoms with van der Waals surface area (Å²) in [6, 6.07) is 0. The highest BCUT2D eigenvalue weighted by molar-refractivity contribution is 14.0. The van der Waals surface area contributed by atoms with Gasteiger partial charge >= 0.3 is 0 Å². The summed E-state index contributed by atoms with van der Waals surface area (Å²) < 4.78 is 0. The Labute approximate surface area is 158 Å². The minimum atomic E-state index is 0. The third-order valence-corrected chi connectivity index (χ3v) is 4.01. The highest BCUT2D eigenvalue weighted by Gasteiger charge is 2.17. The van der Waals surface area contributed by atoms with E-state index in [9.17, 15) is 4.79 Å². The van der Waals surface area contributed by atoms with Gasteiger partial charge in [-0.2, -0.15) is 0 Å². The van der Waals surface area contributed by atoms with E-state index in [1.807, 2.05) is 0 Å². The number of carbonyl (C=O) groups is 1. The van der Waals surface area contributed by atoms with E-state index >= 15 is 0 Å². The number of aliphatic imine (C=N–C) groups is 1. The van der Waals surface area contributed by atoms with E-state index < -0.39 is 0 Å². The van der Waals surface area contributed by atoms with Crippen LogP contribution in [0.25, 0.3) is 0 Å². The average Bonchev–Trinajstić information content (AvgIpc) is 2.96. The predicted octanol–water partition coefficient (Wildman–Crippen LogP) is 2.90. The van der Waals surface area contributed by atoms with E-state index in [0.29, 0.717) is 31.3 Å². The fourth-order valence-electron chi connectivity index (χ4n) is 2.71. The van der Waals surface area contributed by atoms with Gasteiger partial charge in [0.05, 0.1) is 0 Å². The van der Waals surface area contributed by atoms with Crippen LogP contribution >= 0.6 is 24.0 Å². The van der Waals surface area contributed by atoms with Crippen LogP contribution in [-0.2, 0) is 4.79 Å². The van der Waals surface area contributed by atoms with Crippen molar-refractivity contribution >= 4 is 35.8 Å². The smallest absolute Gasteiger partial charge is 0.220 e. The molecule has 0 radical (unpaired) electrons. The molecule has 0 bridgehead atoms. The van der Waals surface area contributed by atoms with Crippen LogP contribution in [0.1, 0.15) is 59.3 Å². The van der Waals surface area contributed by atoms with Crippen LogP contribution in [0.5, 0.6) is 0 Å². The molecule has 0 aromatic heterocycles. The molecule has 3 N–H and O–H groups in total. The zero-order valence-corrected chi connectivity index (χ0v) is 17.3. The van der Waals surface area contributed by atoms with Crippen molar-refractivity contribution in [3.05, 3.63) is 0 Å². The molecule has 0 saturated heterocycles. The molecule has 0 aromatic rings. The van der Waals surface area contributed by atoms with E-state index in [2.05, 4.69) is 41.7 Å². The molecule has 0 atom stereocenters. The van der Waals surface area contributed by atoms with Gasteiger partial charge in [-0.05, 0) is 38.0 Å². The van der Waals surface area contributed by atoms with Gasteiger partial charge in [0.15, 0.2) is 5.96 Å². The summed E-state index contributed by atoms with van der Waals surface area (Å²) in [7, 11) is 0. The molecule has 1 rings (SSSR count). The third kappa shape index (κ3) is 11.6. The third-order valence-electron chi connectivity index (χ3n) is 4.01. The highest BCUT2D eigenvalue weighted by atomic mass is 127. The van der Waals surface area contributed by atoms with Gasteiger partial charge in [-0.25, -0.2) is 0 Å². The van der Waals surface area contributed by atoms with E-state index in [0.717, 1.165) is 25.5 Å². The molecule has 1 saturated carbocycles. The molecule has 1 aliphatic carbocycles. The second kappa shape index (κ2) is 13.9. The molecule has 1 amide bonds. The average molecular weight is 438 g/mol. The maximum Gasteiger partial charge on any atom is 0.220 e. The quantitative estimate of drug-likeness (QED) is 0.225. The van der Waals surface area contributed by atoms with Crippen LogP contribution in [0.2, 0.25) is 0 Å². The molecule has 5 nitrogen and oxygen atoms in total. The number of hydrogen-bond acceptors (Lipinski definition) is 2. The molecule has 0 aromatic carbocycles. The fraction of sp³-hybridized carbons (Fsp3) is 0.882. The number of guanidine groups is 1. The number of nitrogens with zero attached hydrogens (tertiary/aromatic N) is 1. The Morgan fingerprint density at radius 1 is 1.13 bits per heavy atom. The Morgan fingerprint density at radius 3 is 2.39 bits per heavy atom. The number of amides is 1. The predicted molar refractivity (Wildman–Crippen MR) is 108 cm³/mol. The number of nitrogens with one attached hydrogen (secondary N) is 3. The standard InChI is InChI=1S/C17H34N4O.HI/c1-4-18-17(20-10-9-14(2)3)21-12-11-19-16(22)13-15-7-5-6-8-15;/h14-15H,4-13H2,1-3H3,(H,19,22)(H2,18,20,21);1H. The molecule has 1 fully saturated rings. The van der Waals surface area contributed by atoms with Crippen molar-refractivity contribution in [2.24, 2.45) is 16.8 Å². The summed E-state index contributed by atoms with van der Waals surface area (Å²) >= 11 is 0. The number of halogens is 1. The van der Waals surface area contributed by atoms with Crippen molar-refractivity contribution in [3.8, 4) is 0 Å². The topological polar surface area (TPSA) is 65.5 Å². The molecule has 6 heteroatoms. The van der Waals surface area contributed by atoms with E-state index in [-0.39, 0.29) is 29.9 Å². The number of carbonyl (C=O) groups excluding carboxylic acids is 1. The molecule has 0 spiro atoms. The van der Waals surface area contributed by atoms with Crippen LogP contribution in [0.15, 0.2) is 4.99 Å². The highest BCUT2D eigenvalue weighted by Crippen LogP contribution is 2.27. The Balaban J connectivity index is 0.00000484. The molecule has 0 heterocycles. The van der Waals surface area contributed by atoms with E-state index in [1.54, 1.807) is 0 Å². The van der Waals surface area contributed by atoms with Gasteiger partial charge in [0.2, 0.25) is 5.91 Å². The van der Waals surface area contributed by atoms with Gasteiger partial charge in [-0.3, -0.25) is 9.79 Å². The van der Waals surface area contributed by atoms with Crippen molar-refractivity contribution in [2.45, 2.75) is 59.3 Å². The van der Waals surface area contributed by atoms with Crippen molar-refractivity contribution in [1.29, 1.82) is 0 Å². The Kier molecular flexibility index (Phi) is 13.5. The maximum absolute atomic E-state index is 11.8. The lowest BCUT2D eigenvalue weighted by molar-refractivity contribution is -0.121. The molecular weight excluding hydrogens is 403 g/mol. The minimum absolute atomic E-state index is 0. The Bertz CT molecular complexity index is 341. The zero-order chi connectivity index (χ0) is 16.2. The second-order valence-corrected chi connectivity index (χ2v) is 6.57. The summed E-state index contributed by atoms with van der Waals surface area (Å²) in [5.41, 5.74) is 0. The van der Waals surface area contributed by atoms with Crippen molar-refractivity contribution < 1.29 is 4.79 Å². The van der Waals surface area contributed by atoms with Crippen LogP contribution in [-0.4, -0.2) is 38.0 Å². The number of hydrogen-bond donors (Lipinski definition) is 3. The van der Waals surface area contributed by atoms with Crippen LogP contribution in [0.3, 0.4) is 0 Å². The van der Waals surface area contributed by atoms with Gasteiger partial charge in [-0.15, -0.1) is 24.0 Å². The normalized spacial score (nSPS) is 15.4. The molecule has 136 valence electrons. The van der Waals surface area contributed by atoms with Gasteiger partial charge in [0.25, 0.3) is 0 Å². The van der Waals surface area contributed by atoms with Crippen molar-refractivity contribution in [1.82, 2.24) is 16.0 Å². The molecule has 23 heavy (non-hydrogen) atoms. The summed E-state index contributed by atoms with van der Waals surface area (Å²) in [5, 5.41) is 9.49. The molecule has 0 aliphatic heterocycles. The minimum Gasteiger partial charge on any atom is -0.357 e. The molecular formula is C17H35IN4O. The van der Waals surface area contributed by atoms with Crippen molar-refractivity contribution in [3.63, 3.8) is 0 Å². The van der Waals surface area contributed by atoms with Crippen LogP contribution in [0.4, 0.5) is 0 Å². The van der Waals surface area contributed by atoms with E-state index in [4.69, 9.17) is 0 Å². The first-order valence-electron chi connectivity index (χ1n) is 8.90. The van der Waals surface area contributed by atoms with Gasteiger partial charge in [0, 0.05) is 32.6 Å². The van der Waals surface area contributed by atoms with Gasteiger partial charge in [-0.1, -0.05) is 26.7 Å². The summed E-state index contributed by atoms with van der Waals surface area (Å²) in [4.78, 5) is 16.4. The summed E-state index contributed by atoms with van der Waals surface area (Å²) in [6.45, 7) is 9.52. The lowest BCUT2D eigenvalue weighted by atomic mass is 10.0. The Hall–Kier alpha value is -0.530. The lowest BCUT2D eigenvalue weighted by Gasteiger charge is -2.13. The Morgan fingerprint density at radius 2 is 1.78 bits per heavy atom. The molecule has 1 aliphatic rings. The lowest BCUT2D eigenvalue weighted by Crippen LogP contribution is -2.41. The second-order valence-electron chi connectivity index (χ2n) is 6.57. The summed E-state index contributed by atoms with van der Waals surface area (Å²) in [5.74, 6) is 2.31. The largest absolute Gasteiger partial charge is 0.357 e. The van der Waals surface area contributed by atoms with Crippen LogP contribution in [0, 0.1) is 11.8 Å². The monoisotopic (exact) mass is 438 g/mol. The van der Waals surface area contributed by atoms with Gasteiger partial charge in [0.1, 0.15) is 0 Å². The first-order valence-corrected chi connectivity index (χ1v) is 8.90. The molecule has 0 unspecified atom stereocenters. The zero-order valence-electron chi connectivity index (χ0n) is 15.0. The maximum atomic E-state index is 11.8. The SMILES string of the molecule is CCNC(=NCCC(C)C)NCCNC(=O)CC1CCCC1.I. The van der Waals surface area contributed by atoms with Crippen molar-refractivity contribution in [2.75, 3.05) is 26.2 Å². The summed E-state index contributed by atoms with van der Waals surface area (Å²) in [6.07, 6.45) is 6.81. The van der Waals surface area contributed by atoms with E-state index in [1.165, 1.54) is 25.7 Å². The van der Waals surface area contributed by atoms with Gasteiger partial charge < -0.3 is 16.0 Å². The fourth-order valence-corrected chi connectivity index (χ4v) is 2.71. The first-order chi connectivity index (χ1) is 10.6. The van der Waals surface area contributed by atoms with Crippen LogP contribution < -0.4 is 16.0 Å².